The first-order chi connectivity index (χ1) is 25.3. The van der Waals surface area contributed by atoms with Gasteiger partial charge in [-0.25, -0.2) is 4.98 Å². The number of carbonyl (C=O) groups is 3. The Hall–Kier alpha value is -4.39. The zero-order valence-electron chi connectivity index (χ0n) is 30.9. The van der Waals surface area contributed by atoms with Crippen molar-refractivity contribution in [3.63, 3.8) is 0 Å². The van der Waals surface area contributed by atoms with Crippen LogP contribution in [0.25, 0.3) is 21.6 Å². The van der Waals surface area contributed by atoms with E-state index in [1.165, 1.54) is 4.90 Å². The third kappa shape index (κ3) is 9.23. The van der Waals surface area contributed by atoms with E-state index in [1.54, 1.807) is 23.6 Å². The third-order valence-electron chi connectivity index (χ3n) is 10.3. The molecule has 13 heteroatoms. The molecule has 3 amide bonds. The predicted molar refractivity (Wildman–Crippen MR) is 208 cm³/mol. The number of rotatable bonds is 10. The fourth-order valence-electron chi connectivity index (χ4n) is 7.26. The first kappa shape index (κ1) is 38.3. The highest BCUT2D eigenvalue weighted by molar-refractivity contribution is 7.13. The van der Waals surface area contributed by atoms with E-state index in [-0.39, 0.29) is 42.6 Å². The highest BCUT2D eigenvalue weighted by Crippen LogP contribution is 2.31. The number of likely N-dealkylation sites (tertiary alicyclic amines) is 1. The first-order valence-corrected chi connectivity index (χ1v) is 19.4. The fraction of sp³-hybridized carbons (Fsp3) is 0.450. The van der Waals surface area contributed by atoms with Crippen molar-refractivity contribution in [3.8, 4) is 21.6 Å². The second-order valence-corrected chi connectivity index (χ2v) is 16.6. The van der Waals surface area contributed by atoms with Gasteiger partial charge in [-0.2, -0.15) is 5.10 Å². The number of carbonyl (C=O) groups excluding carboxylic acids is 3. The minimum Gasteiger partial charge on any atom is -0.391 e. The molecular formula is C40H48ClN7O4S. The van der Waals surface area contributed by atoms with Gasteiger partial charge in [-0.1, -0.05) is 68.8 Å². The summed E-state index contributed by atoms with van der Waals surface area (Å²) in [6, 6.07) is 16.0. The van der Waals surface area contributed by atoms with Crippen LogP contribution < -0.4 is 15.5 Å². The van der Waals surface area contributed by atoms with Gasteiger partial charge in [-0.3, -0.25) is 14.4 Å². The zero-order chi connectivity index (χ0) is 37.9. The zero-order valence-corrected chi connectivity index (χ0v) is 32.5. The molecule has 0 spiro atoms. The van der Waals surface area contributed by atoms with Gasteiger partial charge in [0.1, 0.15) is 12.1 Å². The number of aliphatic hydroxyl groups excluding tert-OH is 1. The van der Waals surface area contributed by atoms with E-state index in [1.807, 2.05) is 76.5 Å². The van der Waals surface area contributed by atoms with Crippen LogP contribution in [0.15, 0.2) is 66.3 Å². The quantitative estimate of drug-likeness (QED) is 0.174. The van der Waals surface area contributed by atoms with E-state index < -0.39 is 23.6 Å². The maximum absolute atomic E-state index is 14.1. The van der Waals surface area contributed by atoms with Crippen LogP contribution in [-0.4, -0.2) is 80.7 Å². The second kappa shape index (κ2) is 16.3. The van der Waals surface area contributed by atoms with Gasteiger partial charge < -0.3 is 25.5 Å². The lowest BCUT2D eigenvalue weighted by molar-refractivity contribution is -0.144. The van der Waals surface area contributed by atoms with Gasteiger partial charge in [0.15, 0.2) is 5.15 Å². The number of amides is 3. The molecule has 0 unspecified atom stereocenters. The van der Waals surface area contributed by atoms with Crippen LogP contribution in [-0.2, 0) is 14.4 Å². The van der Waals surface area contributed by atoms with Crippen LogP contribution >= 0.6 is 22.9 Å². The topological polar surface area (TPSA) is 141 Å². The van der Waals surface area contributed by atoms with Crippen molar-refractivity contribution in [2.75, 3.05) is 24.5 Å². The van der Waals surface area contributed by atoms with Crippen LogP contribution in [0.2, 0.25) is 5.15 Å². The Morgan fingerprint density at radius 2 is 1.68 bits per heavy atom. The van der Waals surface area contributed by atoms with Gasteiger partial charge in [-0.05, 0) is 72.9 Å². The molecule has 2 fully saturated rings. The van der Waals surface area contributed by atoms with Gasteiger partial charge >= 0.3 is 0 Å². The standard InChI is InChI=1S/C40H48ClN7O4S/c1-24(27-6-8-29(9-7-27)36-25(2)42-23-53-36)44-38(51)33-20-32(49)22-48(33)39(52)37(40(3,4)5)45-35(50)18-26-14-16-47(17-15-26)31-12-10-28(11-13-31)30-19-34(41)46-43-21-30/h6-13,19,21,23-24,26,32-33,37,49H,14-18,20,22H2,1-5H3,(H,44,51)(H,45,50)/t24-,32+,33-,37+/m0/s1. The molecule has 6 rings (SSSR count). The van der Waals surface area contributed by atoms with Crippen molar-refractivity contribution in [2.45, 2.75) is 84.5 Å². The summed E-state index contributed by atoms with van der Waals surface area (Å²) >= 11 is 7.60. The lowest BCUT2D eigenvalue weighted by Gasteiger charge is -2.36. The number of thiazole rings is 1. The molecule has 2 aromatic heterocycles. The molecule has 2 aliphatic heterocycles. The van der Waals surface area contributed by atoms with E-state index in [0.717, 1.165) is 64.4 Å². The molecule has 4 heterocycles. The Balaban J connectivity index is 1.03. The van der Waals surface area contributed by atoms with Crippen LogP contribution in [0.4, 0.5) is 5.69 Å². The average Bonchev–Trinajstić information content (AvgIpc) is 3.75. The van der Waals surface area contributed by atoms with E-state index in [9.17, 15) is 19.5 Å². The number of benzene rings is 2. The van der Waals surface area contributed by atoms with Crippen LogP contribution in [0, 0.1) is 18.3 Å². The maximum atomic E-state index is 14.1. The molecule has 0 aliphatic carbocycles. The summed E-state index contributed by atoms with van der Waals surface area (Å²) in [7, 11) is 0. The van der Waals surface area contributed by atoms with Gasteiger partial charge in [0, 0.05) is 43.7 Å². The summed E-state index contributed by atoms with van der Waals surface area (Å²) in [5, 5.41) is 24.8. The lowest BCUT2D eigenvalue weighted by Crippen LogP contribution is -2.58. The second-order valence-electron chi connectivity index (χ2n) is 15.3. The fourth-order valence-corrected chi connectivity index (χ4v) is 8.23. The molecule has 11 nitrogen and oxygen atoms in total. The Morgan fingerprint density at radius 1 is 1.00 bits per heavy atom. The monoisotopic (exact) mass is 757 g/mol. The van der Waals surface area contributed by atoms with Gasteiger partial charge in [0.25, 0.3) is 0 Å². The predicted octanol–water partition coefficient (Wildman–Crippen LogP) is 6.21. The molecule has 4 aromatic rings. The number of aliphatic hydroxyl groups is 1. The molecule has 53 heavy (non-hydrogen) atoms. The summed E-state index contributed by atoms with van der Waals surface area (Å²) in [4.78, 5) is 50.5. The number of nitrogens with one attached hydrogen (secondary N) is 2. The van der Waals surface area contributed by atoms with Crippen molar-refractivity contribution in [3.05, 3.63) is 82.7 Å². The molecule has 2 saturated heterocycles. The highest BCUT2D eigenvalue weighted by atomic mass is 35.5. The molecule has 3 N–H and O–H groups in total. The molecule has 4 atom stereocenters. The molecule has 280 valence electrons. The third-order valence-corrected chi connectivity index (χ3v) is 11.5. The number of β-amino-alcohol motifs (C(OH)–C–C–N with tert-alkyl or cyclic N) is 1. The van der Waals surface area contributed by atoms with Crippen molar-refractivity contribution < 1.29 is 19.5 Å². The van der Waals surface area contributed by atoms with Crippen LogP contribution in [0.1, 0.15) is 70.7 Å². The number of aromatic nitrogens is 3. The molecule has 0 saturated carbocycles. The summed E-state index contributed by atoms with van der Waals surface area (Å²) in [5.74, 6) is -0.691. The van der Waals surface area contributed by atoms with Gasteiger partial charge in [0.05, 0.1) is 34.4 Å². The number of halogens is 1. The van der Waals surface area contributed by atoms with Crippen molar-refractivity contribution in [2.24, 2.45) is 11.3 Å². The summed E-state index contributed by atoms with van der Waals surface area (Å²) < 4.78 is 0. The van der Waals surface area contributed by atoms with E-state index in [0.29, 0.717) is 11.6 Å². The number of hydrogen-bond acceptors (Lipinski definition) is 9. The molecular weight excluding hydrogens is 710 g/mol. The largest absolute Gasteiger partial charge is 0.391 e. The smallest absolute Gasteiger partial charge is 0.246 e. The van der Waals surface area contributed by atoms with Crippen LogP contribution in [0.5, 0.6) is 0 Å². The Morgan fingerprint density at radius 3 is 2.30 bits per heavy atom. The summed E-state index contributed by atoms with van der Waals surface area (Å²) in [5.41, 5.74) is 7.20. The Bertz CT molecular complexity index is 1910. The minimum atomic E-state index is -0.861. The SMILES string of the molecule is Cc1ncsc1-c1ccc([C@H](C)NC(=O)[C@@H]2C[C@@H](O)CN2C(=O)[C@@H](NC(=O)CC2CCN(c3ccc(-c4cnnc(Cl)c4)cc3)CC2)C(C)(C)C)cc1. The average molecular weight is 758 g/mol. The number of anilines is 1. The number of aryl methyl sites for hydroxylation is 1. The summed E-state index contributed by atoms with van der Waals surface area (Å²) in [6.45, 7) is 11.3. The van der Waals surface area contributed by atoms with Crippen molar-refractivity contribution >= 4 is 46.3 Å². The number of hydrogen-bond donors (Lipinski definition) is 3. The number of piperidine rings is 1. The normalized spacial score (nSPS) is 19.2. The summed E-state index contributed by atoms with van der Waals surface area (Å²) in [6.07, 6.45) is 2.99. The lowest BCUT2D eigenvalue weighted by atomic mass is 9.85. The van der Waals surface area contributed by atoms with Gasteiger partial charge in [-0.15, -0.1) is 16.4 Å². The molecule has 0 bridgehead atoms. The Labute approximate surface area is 320 Å². The van der Waals surface area contributed by atoms with Crippen LogP contribution in [0.3, 0.4) is 0 Å². The van der Waals surface area contributed by atoms with E-state index in [4.69, 9.17) is 11.6 Å². The van der Waals surface area contributed by atoms with E-state index >= 15 is 0 Å². The van der Waals surface area contributed by atoms with E-state index in [2.05, 4.69) is 42.8 Å². The van der Waals surface area contributed by atoms with Gasteiger partial charge in [0.2, 0.25) is 17.7 Å². The highest BCUT2D eigenvalue weighted by Gasteiger charge is 2.45. The minimum absolute atomic E-state index is 0.0310. The molecule has 2 aliphatic rings. The maximum Gasteiger partial charge on any atom is 0.246 e. The first-order valence-electron chi connectivity index (χ1n) is 18.2. The van der Waals surface area contributed by atoms with Crippen molar-refractivity contribution in [1.82, 2.24) is 30.7 Å². The Kier molecular flexibility index (Phi) is 11.8. The molecule has 2 aromatic carbocycles. The molecule has 0 radical (unpaired) electrons. The van der Waals surface area contributed by atoms with Crippen molar-refractivity contribution in [1.29, 1.82) is 0 Å². The number of nitrogens with zero attached hydrogens (tertiary/aromatic N) is 5.